The predicted molar refractivity (Wildman–Crippen MR) is 70.2 cm³/mol. The van der Waals surface area contributed by atoms with Crippen LogP contribution in [0.3, 0.4) is 0 Å². The molecule has 1 heterocycles. The molecule has 6 nitrogen and oxygen atoms in total. The zero-order valence-corrected chi connectivity index (χ0v) is 10.1. The molecule has 3 rings (SSSR count). The number of fused-ring (bicyclic) bond motifs is 1. The molecule has 1 aromatic heterocycles. The van der Waals surface area contributed by atoms with Crippen molar-refractivity contribution >= 4 is 17.3 Å². The van der Waals surface area contributed by atoms with Crippen molar-refractivity contribution in [3.63, 3.8) is 0 Å². The van der Waals surface area contributed by atoms with Gasteiger partial charge in [0.1, 0.15) is 22.8 Å². The van der Waals surface area contributed by atoms with Crippen molar-refractivity contribution in [3.05, 3.63) is 58.0 Å². The van der Waals surface area contributed by atoms with Crippen molar-refractivity contribution < 1.29 is 14.7 Å². The molecule has 2 aromatic rings. The topological polar surface area (TPSA) is 100 Å². The lowest BCUT2D eigenvalue weighted by Crippen LogP contribution is -2.29. The summed E-state index contributed by atoms with van der Waals surface area (Å²) in [5.41, 5.74) is -0.705. The Morgan fingerprint density at radius 3 is 2.45 bits per heavy atom. The first-order valence-corrected chi connectivity index (χ1v) is 5.77. The van der Waals surface area contributed by atoms with Crippen LogP contribution in [0.5, 0.6) is 0 Å². The number of rotatable bonds is 1. The van der Waals surface area contributed by atoms with Gasteiger partial charge < -0.3 is 10.1 Å². The highest BCUT2D eigenvalue weighted by Gasteiger charge is 2.30. The second kappa shape index (κ2) is 4.27. The largest absolute Gasteiger partial charge is 0.506 e. The second-order valence-electron chi connectivity index (χ2n) is 4.23. The number of nitrogens with one attached hydrogen (secondary N) is 1. The zero-order valence-electron chi connectivity index (χ0n) is 10.1. The lowest BCUT2D eigenvalue weighted by Gasteiger charge is -2.11. The highest BCUT2D eigenvalue weighted by molar-refractivity contribution is 6.50. The smallest absolute Gasteiger partial charge is 0.263 e. The summed E-state index contributed by atoms with van der Waals surface area (Å²) in [4.78, 5) is 41.4. The molecule has 0 atom stereocenters. The van der Waals surface area contributed by atoms with Gasteiger partial charge in [0.15, 0.2) is 0 Å². The molecule has 98 valence electrons. The van der Waals surface area contributed by atoms with Crippen molar-refractivity contribution in [2.45, 2.75) is 0 Å². The fourth-order valence-corrected chi connectivity index (χ4v) is 1.98. The van der Waals surface area contributed by atoms with Gasteiger partial charge in [-0.3, -0.25) is 14.4 Å². The SMILES string of the molecule is O=C1C=C(O)c2nc(-c3ccccc3)[nH]c(=O)c2C1=O. The van der Waals surface area contributed by atoms with Crippen LogP contribution in [0, 0.1) is 0 Å². The molecule has 0 unspecified atom stereocenters. The van der Waals surface area contributed by atoms with Crippen LogP contribution in [0.15, 0.2) is 41.2 Å². The average Bonchev–Trinajstić information content (AvgIpc) is 2.45. The number of benzene rings is 1. The minimum atomic E-state index is -0.967. The first-order chi connectivity index (χ1) is 9.58. The number of allylic oxidation sites excluding steroid dienone is 1. The Balaban J connectivity index is 2.28. The minimum absolute atomic E-state index is 0.169. The Kier molecular flexibility index (Phi) is 2.57. The maximum atomic E-state index is 12.0. The molecular weight excluding hydrogens is 260 g/mol. The standard InChI is InChI=1S/C14H8N2O4/c17-8-6-9(18)12(19)10-11(8)15-13(16-14(10)20)7-4-2-1-3-5-7/h1-6,17H,(H,15,16,20). The number of H-pyrrole nitrogens is 1. The van der Waals surface area contributed by atoms with E-state index in [1.807, 2.05) is 0 Å². The first-order valence-electron chi connectivity index (χ1n) is 5.77. The van der Waals surface area contributed by atoms with Crippen LogP contribution in [-0.4, -0.2) is 26.6 Å². The van der Waals surface area contributed by atoms with E-state index >= 15 is 0 Å². The van der Waals surface area contributed by atoms with Crippen molar-refractivity contribution in [2.75, 3.05) is 0 Å². The molecule has 0 saturated carbocycles. The number of carbonyl (C=O) groups is 2. The summed E-state index contributed by atoms with van der Waals surface area (Å²) >= 11 is 0. The molecule has 0 saturated heterocycles. The molecule has 1 aliphatic rings. The van der Waals surface area contributed by atoms with Gasteiger partial charge in [0.05, 0.1) is 0 Å². The highest BCUT2D eigenvalue weighted by atomic mass is 16.3. The number of aromatic nitrogens is 2. The number of hydrogen-bond donors (Lipinski definition) is 2. The van der Waals surface area contributed by atoms with Gasteiger partial charge in [0.2, 0.25) is 11.6 Å². The molecule has 1 aliphatic carbocycles. The van der Waals surface area contributed by atoms with Gasteiger partial charge in [-0.15, -0.1) is 0 Å². The Hall–Kier alpha value is -3.02. The van der Waals surface area contributed by atoms with Crippen molar-refractivity contribution in [2.24, 2.45) is 0 Å². The number of aliphatic hydroxyl groups is 1. The molecule has 0 aliphatic heterocycles. The molecule has 1 aromatic carbocycles. The quantitative estimate of drug-likeness (QED) is 0.754. The van der Waals surface area contributed by atoms with Gasteiger partial charge in [0.25, 0.3) is 5.56 Å². The van der Waals surface area contributed by atoms with Gasteiger partial charge >= 0.3 is 0 Å². The van der Waals surface area contributed by atoms with Crippen LogP contribution >= 0.6 is 0 Å². The van der Waals surface area contributed by atoms with E-state index in [2.05, 4.69) is 9.97 Å². The number of hydrogen-bond acceptors (Lipinski definition) is 5. The van der Waals surface area contributed by atoms with Gasteiger partial charge in [-0.2, -0.15) is 0 Å². The monoisotopic (exact) mass is 268 g/mol. The van der Waals surface area contributed by atoms with Crippen LogP contribution in [0.4, 0.5) is 0 Å². The summed E-state index contributed by atoms with van der Waals surface area (Å²) in [5.74, 6) is -2.16. The van der Waals surface area contributed by atoms with E-state index < -0.39 is 28.4 Å². The molecule has 0 radical (unpaired) electrons. The van der Waals surface area contributed by atoms with E-state index in [1.165, 1.54) is 0 Å². The molecule has 0 fully saturated rings. The van der Waals surface area contributed by atoms with E-state index in [0.717, 1.165) is 6.08 Å². The number of carbonyl (C=O) groups excluding carboxylic acids is 2. The average molecular weight is 268 g/mol. The number of aliphatic hydroxyl groups excluding tert-OH is 1. The third-order valence-electron chi connectivity index (χ3n) is 2.93. The van der Waals surface area contributed by atoms with E-state index in [-0.39, 0.29) is 11.5 Å². The fourth-order valence-electron chi connectivity index (χ4n) is 1.98. The van der Waals surface area contributed by atoms with E-state index in [9.17, 15) is 19.5 Å². The van der Waals surface area contributed by atoms with Crippen LogP contribution in [0.2, 0.25) is 0 Å². The lowest BCUT2D eigenvalue weighted by atomic mass is 9.99. The number of ketones is 2. The summed E-state index contributed by atoms with van der Waals surface area (Å²) in [6.45, 7) is 0. The molecule has 20 heavy (non-hydrogen) atoms. The molecule has 0 bridgehead atoms. The Labute approximate surface area is 112 Å². The fraction of sp³-hybridized carbons (Fsp3) is 0. The molecule has 0 spiro atoms. The second-order valence-corrected chi connectivity index (χ2v) is 4.23. The van der Waals surface area contributed by atoms with Crippen molar-refractivity contribution in [3.8, 4) is 11.4 Å². The maximum Gasteiger partial charge on any atom is 0.263 e. The minimum Gasteiger partial charge on any atom is -0.506 e. The van der Waals surface area contributed by atoms with Gasteiger partial charge in [-0.25, -0.2) is 4.98 Å². The summed E-state index contributed by atoms with van der Waals surface area (Å²) in [6, 6.07) is 8.78. The number of aromatic amines is 1. The zero-order chi connectivity index (χ0) is 14.3. The molecule has 2 N–H and O–H groups in total. The third-order valence-corrected chi connectivity index (χ3v) is 2.93. The lowest BCUT2D eigenvalue weighted by molar-refractivity contribution is -0.111. The van der Waals surface area contributed by atoms with Gasteiger partial charge in [-0.1, -0.05) is 30.3 Å². The third kappa shape index (κ3) is 1.74. The summed E-state index contributed by atoms with van der Waals surface area (Å²) < 4.78 is 0. The summed E-state index contributed by atoms with van der Waals surface area (Å²) in [7, 11) is 0. The molecule has 0 amide bonds. The summed E-state index contributed by atoms with van der Waals surface area (Å²) in [6.07, 6.45) is 0.770. The predicted octanol–water partition coefficient (Wildman–Crippen LogP) is 1.10. The number of nitrogens with zero attached hydrogens (tertiary/aromatic N) is 1. The van der Waals surface area contributed by atoms with Gasteiger partial charge in [-0.05, 0) is 0 Å². The van der Waals surface area contributed by atoms with E-state index in [4.69, 9.17) is 0 Å². The van der Waals surface area contributed by atoms with Crippen molar-refractivity contribution in [1.29, 1.82) is 0 Å². The van der Waals surface area contributed by atoms with Crippen LogP contribution in [-0.2, 0) is 4.79 Å². The Bertz CT molecular complexity index is 819. The highest BCUT2D eigenvalue weighted by Crippen LogP contribution is 2.21. The molecule has 6 heteroatoms. The van der Waals surface area contributed by atoms with Crippen molar-refractivity contribution in [1.82, 2.24) is 9.97 Å². The number of Topliss-reactive ketones (excluding diaryl/α,β-unsaturated/α-hetero) is 1. The normalized spacial score (nSPS) is 13.9. The Morgan fingerprint density at radius 1 is 1.05 bits per heavy atom. The first kappa shape index (κ1) is 12.0. The molecular formula is C14H8N2O4. The van der Waals surface area contributed by atoms with Gasteiger partial charge in [0, 0.05) is 11.6 Å². The Morgan fingerprint density at radius 2 is 1.75 bits per heavy atom. The van der Waals surface area contributed by atoms with E-state index in [1.54, 1.807) is 30.3 Å². The van der Waals surface area contributed by atoms with Crippen LogP contribution in [0.25, 0.3) is 17.1 Å². The van der Waals surface area contributed by atoms with E-state index in [0.29, 0.717) is 5.56 Å². The van der Waals surface area contributed by atoms with Crippen LogP contribution in [0.1, 0.15) is 16.1 Å². The summed E-state index contributed by atoms with van der Waals surface area (Å²) in [5, 5.41) is 9.72. The maximum absolute atomic E-state index is 12.0. The van der Waals surface area contributed by atoms with Crippen LogP contribution < -0.4 is 5.56 Å².